The molecule has 0 aromatic heterocycles. The lowest BCUT2D eigenvalue weighted by molar-refractivity contribution is -0.130. The van der Waals surface area contributed by atoms with Crippen molar-refractivity contribution in [1.29, 1.82) is 0 Å². The van der Waals surface area contributed by atoms with E-state index in [4.69, 9.17) is 5.73 Å². The Labute approximate surface area is 144 Å². The number of nitrogens with one attached hydrogen (secondary N) is 1. The molecule has 0 spiro atoms. The van der Waals surface area contributed by atoms with Gasteiger partial charge in [-0.15, -0.1) is 0 Å². The van der Waals surface area contributed by atoms with E-state index in [2.05, 4.69) is 5.32 Å². The number of nitrogens with two attached hydrogens (primary N) is 1. The van der Waals surface area contributed by atoms with Crippen molar-refractivity contribution in [3.63, 3.8) is 0 Å². The number of carbonyl (C=O) groups is 2. The summed E-state index contributed by atoms with van der Waals surface area (Å²) in [6.07, 6.45) is 4.40. The molecule has 0 radical (unpaired) electrons. The molecule has 2 rings (SSSR count). The highest BCUT2D eigenvalue weighted by Crippen LogP contribution is 2.15. The Kier molecular flexibility index (Phi) is 6.79. The van der Waals surface area contributed by atoms with Gasteiger partial charge in [0.05, 0.1) is 6.04 Å². The van der Waals surface area contributed by atoms with Crippen LogP contribution < -0.4 is 11.1 Å². The number of aryl methyl sites for hydroxylation is 1. The first kappa shape index (κ1) is 18.5. The van der Waals surface area contributed by atoms with Crippen LogP contribution in [0.3, 0.4) is 0 Å². The smallest absolute Gasteiger partial charge is 0.241 e. The number of amides is 2. The standard InChI is InChI=1S/C19H29N3O2/c1-3-14(2)18(20)19(24)21-16-9-6-15(7-10-16)8-11-17(23)22-12-4-5-13-22/h6-7,9-10,14,18H,3-5,8,11-13,20H2,1-2H3,(H,21,24). The van der Waals surface area contributed by atoms with Crippen LogP contribution in [-0.4, -0.2) is 35.8 Å². The first-order chi connectivity index (χ1) is 11.5. The van der Waals surface area contributed by atoms with E-state index in [-0.39, 0.29) is 17.7 Å². The van der Waals surface area contributed by atoms with E-state index in [0.29, 0.717) is 6.42 Å². The van der Waals surface area contributed by atoms with Crippen LogP contribution in [0.2, 0.25) is 0 Å². The van der Waals surface area contributed by atoms with Crippen LogP contribution in [0.25, 0.3) is 0 Å². The predicted molar refractivity (Wildman–Crippen MR) is 96.6 cm³/mol. The Bertz CT molecular complexity index is 550. The quantitative estimate of drug-likeness (QED) is 0.806. The average Bonchev–Trinajstić information content (AvgIpc) is 3.14. The van der Waals surface area contributed by atoms with Crippen molar-refractivity contribution in [2.24, 2.45) is 11.7 Å². The zero-order valence-corrected chi connectivity index (χ0v) is 14.8. The summed E-state index contributed by atoms with van der Waals surface area (Å²) in [6, 6.07) is 7.17. The van der Waals surface area contributed by atoms with Gasteiger partial charge in [0, 0.05) is 25.2 Å². The first-order valence-corrected chi connectivity index (χ1v) is 8.94. The number of benzene rings is 1. The van der Waals surface area contributed by atoms with Crippen molar-refractivity contribution in [2.75, 3.05) is 18.4 Å². The maximum absolute atomic E-state index is 12.1. The molecule has 2 atom stereocenters. The number of anilines is 1. The molecule has 1 aromatic rings. The third-order valence-corrected chi connectivity index (χ3v) is 4.87. The normalized spacial score (nSPS) is 16.7. The van der Waals surface area contributed by atoms with Crippen molar-refractivity contribution >= 4 is 17.5 Å². The highest BCUT2D eigenvalue weighted by Gasteiger charge is 2.19. The molecule has 24 heavy (non-hydrogen) atoms. The molecule has 0 saturated carbocycles. The molecule has 2 unspecified atom stereocenters. The molecule has 1 aliphatic heterocycles. The molecule has 1 aromatic carbocycles. The Morgan fingerprint density at radius 2 is 1.83 bits per heavy atom. The molecule has 132 valence electrons. The molecule has 1 saturated heterocycles. The lowest BCUT2D eigenvalue weighted by Gasteiger charge is -2.18. The molecule has 0 aliphatic carbocycles. The van der Waals surface area contributed by atoms with Gasteiger partial charge in [0.25, 0.3) is 0 Å². The van der Waals surface area contributed by atoms with Gasteiger partial charge >= 0.3 is 0 Å². The van der Waals surface area contributed by atoms with Crippen LogP contribution >= 0.6 is 0 Å². The molecule has 5 heteroatoms. The SMILES string of the molecule is CCC(C)C(N)C(=O)Nc1ccc(CCC(=O)N2CCCC2)cc1. The fourth-order valence-corrected chi connectivity index (χ4v) is 2.87. The monoisotopic (exact) mass is 331 g/mol. The van der Waals surface area contributed by atoms with Crippen LogP contribution in [-0.2, 0) is 16.0 Å². The molecular formula is C19H29N3O2. The summed E-state index contributed by atoms with van der Waals surface area (Å²) in [4.78, 5) is 26.1. The first-order valence-electron chi connectivity index (χ1n) is 8.94. The van der Waals surface area contributed by atoms with Gasteiger partial charge in [-0.05, 0) is 42.9 Å². The van der Waals surface area contributed by atoms with Crippen molar-refractivity contribution in [3.8, 4) is 0 Å². The van der Waals surface area contributed by atoms with E-state index >= 15 is 0 Å². The minimum Gasteiger partial charge on any atom is -0.343 e. The minimum atomic E-state index is -0.493. The minimum absolute atomic E-state index is 0.152. The molecule has 1 fully saturated rings. The van der Waals surface area contributed by atoms with Crippen LogP contribution in [0.4, 0.5) is 5.69 Å². The van der Waals surface area contributed by atoms with E-state index in [9.17, 15) is 9.59 Å². The Morgan fingerprint density at radius 1 is 1.21 bits per heavy atom. The van der Waals surface area contributed by atoms with Gasteiger partial charge in [0.2, 0.25) is 11.8 Å². The number of likely N-dealkylation sites (tertiary alicyclic amines) is 1. The van der Waals surface area contributed by atoms with Crippen molar-refractivity contribution in [3.05, 3.63) is 29.8 Å². The van der Waals surface area contributed by atoms with E-state index in [1.165, 1.54) is 0 Å². The third-order valence-electron chi connectivity index (χ3n) is 4.87. The largest absolute Gasteiger partial charge is 0.343 e. The third kappa shape index (κ3) is 5.06. The molecule has 5 nitrogen and oxygen atoms in total. The second kappa shape index (κ2) is 8.83. The van der Waals surface area contributed by atoms with Crippen LogP contribution in [0.15, 0.2) is 24.3 Å². The number of nitrogens with zero attached hydrogens (tertiary/aromatic N) is 1. The van der Waals surface area contributed by atoms with Gasteiger partial charge in [-0.1, -0.05) is 32.4 Å². The fraction of sp³-hybridized carbons (Fsp3) is 0.579. The Morgan fingerprint density at radius 3 is 2.42 bits per heavy atom. The van der Waals surface area contributed by atoms with E-state index in [0.717, 1.165) is 50.0 Å². The highest BCUT2D eigenvalue weighted by molar-refractivity contribution is 5.94. The zero-order valence-electron chi connectivity index (χ0n) is 14.8. The summed E-state index contributed by atoms with van der Waals surface area (Å²) in [7, 11) is 0. The number of carbonyl (C=O) groups excluding carboxylic acids is 2. The van der Waals surface area contributed by atoms with Crippen molar-refractivity contribution < 1.29 is 9.59 Å². The molecule has 1 aliphatic rings. The predicted octanol–water partition coefficient (Wildman–Crippen LogP) is 2.55. The second-order valence-electron chi connectivity index (χ2n) is 6.69. The fourth-order valence-electron chi connectivity index (χ4n) is 2.87. The van der Waals surface area contributed by atoms with Crippen LogP contribution in [0.5, 0.6) is 0 Å². The van der Waals surface area contributed by atoms with Crippen LogP contribution in [0.1, 0.15) is 45.1 Å². The number of hydrogen-bond donors (Lipinski definition) is 2. The lowest BCUT2D eigenvalue weighted by atomic mass is 9.99. The topological polar surface area (TPSA) is 75.4 Å². The molecule has 2 amide bonds. The summed E-state index contributed by atoms with van der Waals surface area (Å²) >= 11 is 0. The lowest BCUT2D eigenvalue weighted by Crippen LogP contribution is -2.40. The summed E-state index contributed by atoms with van der Waals surface area (Å²) in [5, 5.41) is 2.85. The summed E-state index contributed by atoms with van der Waals surface area (Å²) in [6.45, 7) is 5.81. The van der Waals surface area contributed by atoms with Crippen LogP contribution in [0, 0.1) is 5.92 Å². The Hall–Kier alpha value is -1.88. The van der Waals surface area contributed by atoms with Crippen molar-refractivity contribution in [1.82, 2.24) is 4.90 Å². The molecule has 1 heterocycles. The van der Waals surface area contributed by atoms with E-state index in [1.54, 1.807) is 0 Å². The van der Waals surface area contributed by atoms with Gasteiger partial charge < -0.3 is 16.0 Å². The zero-order chi connectivity index (χ0) is 17.5. The Balaban J connectivity index is 1.82. The molecule has 0 bridgehead atoms. The maximum atomic E-state index is 12.1. The summed E-state index contributed by atoms with van der Waals surface area (Å²) < 4.78 is 0. The second-order valence-corrected chi connectivity index (χ2v) is 6.69. The average molecular weight is 331 g/mol. The van der Waals surface area contributed by atoms with Gasteiger partial charge in [-0.25, -0.2) is 0 Å². The summed E-state index contributed by atoms with van der Waals surface area (Å²) in [5.74, 6) is 0.242. The van der Waals surface area contributed by atoms with Gasteiger partial charge in [-0.2, -0.15) is 0 Å². The van der Waals surface area contributed by atoms with Gasteiger partial charge in [-0.3, -0.25) is 9.59 Å². The molecular weight excluding hydrogens is 302 g/mol. The number of rotatable bonds is 7. The maximum Gasteiger partial charge on any atom is 0.241 e. The number of hydrogen-bond acceptors (Lipinski definition) is 3. The van der Waals surface area contributed by atoms with Crippen molar-refractivity contribution in [2.45, 2.75) is 52.0 Å². The highest BCUT2D eigenvalue weighted by atomic mass is 16.2. The van der Waals surface area contributed by atoms with Gasteiger partial charge in [0.15, 0.2) is 0 Å². The van der Waals surface area contributed by atoms with E-state index < -0.39 is 6.04 Å². The summed E-state index contributed by atoms with van der Waals surface area (Å²) in [5.41, 5.74) is 7.78. The molecule has 3 N–H and O–H groups in total. The van der Waals surface area contributed by atoms with E-state index in [1.807, 2.05) is 43.0 Å². The van der Waals surface area contributed by atoms with Gasteiger partial charge in [0.1, 0.15) is 0 Å².